The Labute approximate surface area is 113 Å². The minimum Gasteiger partial charge on any atom is -0.384 e. The molecule has 0 atom stereocenters. The summed E-state index contributed by atoms with van der Waals surface area (Å²) in [5, 5.41) is 18.1. The summed E-state index contributed by atoms with van der Waals surface area (Å²) in [6, 6.07) is 4.52. The number of alkyl halides is 3. The molecule has 1 N–H and O–H groups in total. The Morgan fingerprint density at radius 3 is 2.00 bits per heavy atom. The summed E-state index contributed by atoms with van der Waals surface area (Å²) in [5.74, 6) is 0. The second-order valence-electron chi connectivity index (χ2n) is 5.03. The Morgan fingerprint density at radius 2 is 1.60 bits per heavy atom. The summed E-state index contributed by atoms with van der Waals surface area (Å²) in [7, 11) is 0. The van der Waals surface area contributed by atoms with Crippen molar-refractivity contribution in [3.63, 3.8) is 0 Å². The summed E-state index contributed by atoms with van der Waals surface area (Å²) in [6.07, 6.45) is -4.37. The minimum absolute atomic E-state index is 0.386. The molecule has 0 bridgehead atoms. The molecule has 4 nitrogen and oxygen atoms in total. The van der Waals surface area contributed by atoms with E-state index in [2.05, 4.69) is 10.2 Å². The Kier molecular flexibility index (Phi) is 3.33. The van der Waals surface area contributed by atoms with Gasteiger partial charge in [-0.1, -0.05) is 0 Å². The quantitative estimate of drug-likeness (QED) is 0.923. The number of hydrogen-bond acceptors (Lipinski definition) is 3. The average molecular weight is 285 g/mol. The van der Waals surface area contributed by atoms with E-state index in [9.17, 15) is 18.3 Å². The summed E-state index contributed by atoms with van der Waals surface area (Å²) in [6.45, 7) is 4.82. The van der Waals surface area contributed by atoms with Crippen LogP contribution in [0.4, 0.5) is 13.2 Å². The standard InChI is InChI=1S/C13H14F3N3O/c1-8-11(12(2,3)20)18-19(17-8)10-6-4-9(5-7-10)13(14,15)16/h4-7,20H,1-3H3. The number of aryl methyl sites for hydroxylation is 1. The zero-order valence-corrected chi connectivity index (χ0v) is 11.2. The molecule has 0 unspecified atom stereocenters. The van der Waals surface area contributed by atoms with Crippen LogP contribution < -0.4 is 0 Å². The summed E-state index contributed by atoms with van der Waals surface area (Å²) < 4.78 is 37.4. The third kappa shape index (κ3) is 2.82. The molecular formula is C13H14F3N3O. The normalized spacial score (nSPS) is 12.8. The van der Waals surface area contributed by atoms with Gasteiger partial charge in [0.15, 0.2) is 0 Å². The van der Waals surface area contributed by atoms with Crippen LogP contribution in [0, 0.1) is 6.92 Å². The van der Waals surface area contributed by atoms with Crippen molar-refractivity contribution in [2.75, 3.05) is 0 Å². The molecule has 2 rings (SSSR count). The fourth-order valence-corrected chi connectivity index (χ4v) is 1.84. The van der Waals surface area contributed by atoms with E-state index in [1.807, 2.05) is 0 Å². The van der Waals surface area contributed by atoms with E-state index in [-0.39, 0.29) is 0 Å². The van der Waals surface area contributed by atoms with E-state index in [1.54, 1.807) is 20.8 Å². The first-order chi connectivity index (χ1) is 9.09. The highest BCUT2D eigenvalue weighted by atomic mass is 19.4. The van der Waals surface area contributed by atoms with Gasteiger partial charge in [0.05, 0.1) is 16.9 Å². The van der Waals surface area contributed by atoms with Crippen molar-refractivity contribution in [2.24, 2.45) is 0 Å². The minimum atomic E-state index is -4.37. The molecule has 20 heavy (non-hydrogen) atoms. The van der Waals surface area contributed by atoms with E-state index in [0.717, 1.165) is 12.1 Å². The Hall–Kier alpha value is -1.89. The molecule has 0 spiro atoms. The van der Waals surface area contributed by atoms with Crippen molar-refractivity contribution in [1.82, 2.24) is 15.0 Å². The van der Waals surface area contributed by atoms with E-state index in [4.69, 9.17) is 0 Å². The molecule has 1 aromatic carbocycles. The van der Waals surface area contributed by atoms with Crippen molar-refractivity contribution < 1.29 is 18.3 Å². The van der Waals surface area contributed by atoms with E-state index < -0.39 is 17.3 Å². The number of nitrogens with zero attached hydrogens (tertiary/aromatic N) is 3. The number of hydrogen-bond donors (Lipinski definition) is 1. The molecule has 1 aromatic heterocycles. The Bertz CT molecular complexity index is 609. The summed E-state index contributed by atoms with van der Waals surface area (Å²) in [4.78, 5) is 1.21. The van der Waals surface area contributed by atoms with Gasteiger partial charge in [-0.25, -0.2) is 0 Å². The summed E-state index contributed by atoms with van der Waals surface area (Å²) >= 11 is 0. The monoisotopic (exact) mass is 285 g/mol. The second kappa shape index (κ2) is 4.59. The predicted molar refractivity (Wildman–Crippen MR) is 66.3 cm³/mol. The molecule has 7 heteroatoms. The highest BCUT2D eigenvalue weighted by Crippen LogP contribution is 2.29. The molecule has 0 saturated heterocycles. The smallest absolute Gasteiger partial charge is 0.384 e. The molecule has 0 fully saturated rings. The largest absolute Gasteiger partial charge is 0.416 e. The van der Waals surface area contributed by atoms with Crippen molar-refractivity contribution in [1.29, 1.82) is 0 Å². The predicted octanol–water partition coefficient (Wildman–Crippen LogP) is 2.82. The molecule has 0 radical (unpaired) electrons. The van der Waals surface area contributed by atoms with Crippen molar-refractivity contribution in [3.8, 4) is 5.69 Å². The SMILES string of the molecule is Cc1nn(-c2ccc(C(F)(F)F)cc2)nc1C(C)(C)O. The van der Waals surface area contributed by atoms with Crippen molar-refractivity contribution in [2.45, 2.75) is 32.5 Å². The van der Waals surface area contributed by atoms with Crippen molar-refractivity contribution in [3.05, 3.63) is 41.2 Å². The van der Waals surface area contributed by atoms with Gasteiger partial charge in [0.1, 0.15) is 11.3 Å². The van der Waals surface area contributed by atoms with Gasteiger partial charge in [-0.3, -0.25) is 0 Å². The molecular weight excluding hydrogens is 271 g/mol. The van der Waals surface area contributed by atoms with E-state index in [1.165, 1.54) is 16.9 Å². The van der Waals surface area contributed by atoms with Crippen LogP contribution in [0.25, 0.3) is 5.69 Å². The number of benzene rings is 1. The molecule has 2 aromatic rings. The lowest BCUT2D eigenvalue weighted by molar-refractivity contribution is -0.137. The average Bonchev–Trinajstić information content (AvgIpc) is 2.70. The van der Waals surface area contributed by atoms with E-state index in [0.29, 0.717) is 17.1 Å². The molecule has 0 amide bonds. The van der Waals surface area contributed by atoms with Crippen LogP contribution in [-0.2, 0) is 11.8 Å². The molecule has 0 saturated carbocycles. The fraction of sp³-hybridized carbons (Fsp3) is 0.385. The number of rotatable bonds is 2. The van der Waals surface area contributed by atoms with Crippen LogP contribution in [-0.4, -0.2) is 20.1 Å². The van der Waals surface area contributed by atoms with E-state index >= 15 is 0 Å². The van der Waals surface area contributed by atoms with Crippen LogP contribution in [0.15, 0.2) is 24.3 Å². The van der Waals surface area contributed by atoms with Gasteiger partial charge in [-0.2, -0.15) is 23.1 Å². The zero-order valence-electron chi connectivity index (χ0n) is 11.2. The third-order valence-corrected chi connectivity index (χ3v) is 2.79. The maximum Gasteiger partial charge on any atom is 0.416 e. The highest BCUT2D eigenvalue weighted by Gasteiger charge is 2.30. The van der Waals surface area contributed by atoms with Gasteiger partial charge >= 0.3 is 6.18 Å². The first-order valence-electron chi connectivity index (χ1n) is 5.93. The van der Waals surface area contributed by atoms with Gasteiger partial charge in [0.2, 0.25) is 0 Å². The lowest BCUT2D eigenvalue weighted by Crippen LogP contribution is -2.18. The fourth-order valence-electron chi connectivity index (χ4n) is 1.84. The van der Waals surface area contributed by atoms with Gasteiger partial charge in [-0.05, 0) is 45.0 Å². The number of aliphatic hydroxyl groups is 1. The lowest BCUT2D eigenvalue weighted by atomic mass is 10.0. The van der Waals surface area contributed by atoms with Crippen LogP contribution in [0.1, 0.15) is 30.8 Å². The maximum absolute atomic E-state index is 12.5. The van der Waals surface area contributed by atoms with Crippen LogP contribution >= 0.6 is 0 Å². The van der Waals surface area contributed by atoms with Crippen LogP contribution in [0.2, 0.25) is 0 Å². The van der Waals surface area contributed by atoms with Crippen LogP contribution in [0.3, 0.4) is 0 Å². The van der Waals surface area contributed by atoms with Gasteiger partial charge in [0, 0.05) is 0 Å². The van der Waals surface area contributed by atoms with Gasteiger partial charge < -0.3 is 5.11 Å². The van der Waals surface area contributed by atoms with Crippen LogP contribution in [0.5, 0.6) is 0 Å². The number of aromatic nitrogens is 3. The Morgan fingerprint density at radius 1 is 1.05 bits per heavy atom. The van der Waals surface area contributed by atoms with Gasteiger partial charge in [-0.15, -0.1) is 5.10 Å². The zero-order chi connectivity index (χ0) is 15.1. The first kappa shape index (κ1) is 14.5. The molecule has 1 heterocycles. The number of halogens is 3. The van der Waals surface area contributed by atoms with Crippen molar-refractivity contribution >= 4 is 0 Å². The third-order valence-electron chi connectivity index (χ3n) is 2.79. The first-order valence-corrected chi connectivity index (χ1v) is 5.93. The topological polar surface area (TPSA) is 50.9 Å². The molecule has 108 valence electrons. The molecule has 0 aliphatic heterocycles. The maximum atomic E-state index is 12.5. The highest BCUT2D eigenvalue weighted by molar-refractivity contribution is 5.34. The second-order valence-corrected chi connectivity index (χ2v) is 5.03. The lowest BCUT2D eigenvalue weighted by Gasteiger charge is -2.13. The molecule has 0 aliphatic rings. The Balaban J connectivity index is 2.38. The molecule has 0 aliphatic carbocycles. The summed E-state index contributed by atoms with van der Waals surface area (Å²) in [5.41, 5.74) is -0.576. The van der Waals surface area contributed by atoms with Gasteiger partial charge in [0.25, 0.3) is 0 Å².